The van der Waals surface area contributed by atoms with Crippen molar-refractivity contribution in [2.75, 3.05) is 17.7 Å². The summed E-state index contributed by atoms with van der Waals surface area (Å²) < 4.78 is 34.1. The van der Waals surface area contributed by atoms with Crippen molar-refractivity contribution in [3.63, 3.8) is 0 Å². The Labute approximate surface area is 164 Å². The number of amides is 1. The largest absolute Gasteiger partial charge is 0.452 e. The number of hydrogen-bond donors (Lipinski definition) is 1. The highest BCUT2D eigenvalue weighted by molar-refractivity contribution is 8.00. The molecular formula is C19H17F2NO5S. The van der Waals surface area contributed by atoms with E-state index in [1.807, 2.05) is 0 Å². The molecule has 28 heavy (non-hydrogen) atoms. The summed E-state index contributed by atoms with van der Waals surface area (Å²) in [6.07, 6.45) is 0. The topological polar surface area (TPSA) is 81.7 Å². The van der Waals surface area contributed by atoms with Gasteiger partial charge >= 0.3 is 12.6 Å². The van der Waals surface area contributed by atoms with Gasteiger partial charge in [-0.05, 0) is 31.2 Å². The van der Waals surface area contributed by atoms with Crippen LogP contribution in [0.25, 0.3) is 0 Å². The molecule has 0 fully saturated rings. The predicted molar refractivity (Wildman–Crippen MR) is 99.8 cm³/mol. The molecule has 0 aliphatic rings. The number of ether oxygens (including phenoxy) is 2. The fourth-order valence-electron chi connectivity index (χ4n) is 2.10. The number of carbonyl (C=O) groups excluding carboxylic acids is 3. The molecule has 1 amide bonds. The van der Waals surface area contributed by atoms with Crippen molar-refractivity contribution >= 4 is 35.1 Å². The Morgan fingerprint density at radius 1 is 1.07 bits per heavy atom. The molecule has 0 heterocycles. The maximum Gasteiger partial charge on any atom is 0.387 e. The minimum absolute atomic E-state index is 0.0289. The van der Waals surface area contributed by atoms with Crippen LogP contribution in [0, 0.1) is 0 Å². The van der Waals surface area contributed by atoms with E-state index in [2.05, 4.69) is 10.1 Å². The van der Waals surface area contributed by atoms with Crippen LogP contribution in [0.4, 0.5) is 14.5 Å². The van der Waals surface area contributed by atoms with Crippen LogP contribution < -0.4 is 10.1 Å². The molecular weight excluding hydrogens is 392 g/mol. The van der Waals surface area contributed by atoms with Crippen molar-refractivity contribution in [1.29, 1.82) is 0 Å². The van der Waals surface area contributed by atoms with E-state index in [1.54, 1.807) is 18.2 Å². The average molecular weight is 409 g/mol. The number of esters is 1. The Hall–Kier alpha value is -2.94. The van der Waals surface area contributed by atoms with Crippen LogP contribution in [-0.2, 0) is 14.3 Å². The van der Waals surface area contributed by atoms with Crippen molar-refractivity contribution in [2.24, 2.45) is 0 Å². The number of carbonyl (C=O) groups is 3. The zero-order valence-corrected chi connectivity index (χ0v) is 15.6. The summed E-state index contributed by atoms with van der Waals surface area (Å²) >= 11 is 1.19. The Balaban J connectivity index is 1.97. The van der Waals surface area contributed by atoms with Gasteiger partial charge in [0.1, 0.15) is 11.5 Å². The minimum Gasteiger partial charge on any atom is -0.452 e. The van der Waals surface area contributed by atoms with Gasteiger partial charge in [-0.3, -0.25) is 9.59 Å². The van der Waals surface area contributed by atoms with Gasteiger partial charge in [-0.1, -0.05) is 24.3 Å². The average Bonchev–Trinajstić information content (AvgIpc) is 2.66. The van der Waals surface area contributed by atoms with Crippen molar-refractivity contribution in [1.82, 2.24) is 0 Å². The van der Waals surface area contributed by atoms with Crippen LogP contribution in [0.1, 0.15) is 17.3 Å². The summed E-state index contributed by atoms with van der Waals surface area (Å²) in [7, 11) is 0. The number of Topliss-reactive ketones (excluding diaryl/α,β-unsaturated/α-hetero) is 1. The van der Waals surface area contributed by atoms with Crippen LogP contribution in [0.3, 0.4) is 0 Å². The fraction of sp³-hybridized carbons (Fsp3) is 0.211. The van der Waals surface area contributed by atoms with Gasteiger partial charge in [0.05, 0.1) is 17.0 Å². The standard InChI is InChI=1S/C19H17F2NO5S/c1-12(23)11-28-16-9-5-2-6-13(16)18(25)26-10-17(24)22-14-7-3-4-8-15(14)27-19(20)21/h2-9,19H,10-11H2,1H3,(H,22,24). The van der Waals surface area contributed by atoms with Gasteiger partial charge in [0, 0.05) is 4.90 Å². The Morgan fingerprint density at radius 3 is 2.46 bits per heavy atom. The van der Waals surface area contributed by atoms with Crippen LogP contribution in [0.15, 0.2) is 53.4 Å². The van der Waals surface area contributed by atoms with Crippen LogP contribution >= 0.6 is 11.8 Å². The second kappa shape index (κ2) is 10.4. The first-order chi connectivity index (χ1) is 13.4. The van der Waals surface area contributed by atoms with Gasteiger partial charge in [0.25, 0.3) is 5.91 Å². The molecule has 0 bridgehead atoms. The van der Waals surface area contributed by atoms with Crippen LogP contribution in [0.2, 0.25) is 0 Å². The molecule has 0 aliphatic heterocycles. The molecule has 0 saturated heterocycles. The third-order valence-electron chi connectivity index (χ3n) is 3.25. The van der Waals surface area contributed by atoms with Crippen LogP contribution in [0.5, 0.6) is 5.75 Å². The monoisotopic (exact) mass is 409 g/mol. The second-order valence-electron chi connectivity index (χ2n) is 5.49. The number of benzene rings is 2. The van der Waals surface area contributed by atoms with Crippen molar-refractivity contribution in [3.8, 4) is 5.75 Å². The minimum atomic E-state index is -3.04. The molecule has 0 radical (unpaired) electrons. The fourth-order valence-corrected chi connectivity index (χ4v) is 2.94. The van der Waals surface area contributed by atoms with Crippen LogP contribution in [-0.4, -0.2) is 36.6 Å². The zero-order chi connectivity index (χ0) is 20.5. The summed E-state index contributed by atoms with van der Waals surface area (Å²) in [5, 5.41) is 2.35. The Morgan fingerprint density at radius 2 is 1.75 bits per heavy atom. The number of anilines is 1. The number of nitrogens with one attached hydrogen (secondary N) is 1. The van der Waals surface area contributed by atoms with Crippen molar-refractivity contribution < 1.29 is 32.6 Å². The lowest BCUT2D eigenvalue weighted by Gasteiger charge is -2.12. The molecule has 9 heteroatoms. The molecule has 2 aromatic carbocycles. The lowest BCUT2D eigenvalue weighted by molar-refractivity contribution is -0.119. The number of ketones is 1. The van der Waals surface area contributed by atoms with Gasteiger partial charge in [-0.15, -0.1) is 11.8 Å². The molecule has 2 rings (SSSR count). The first-order valence-corrected chi connectivity index (χ1v) is 9.07. The van der Waals surface area contributed by atoms with Gasteiger partial charge in [0.15, 0.2) is 6.61 Å². The van der Waals surface area contributed by atoms with Gasteiger partial charge < -0.3 is 14.8 Å². The third-order valence-corrected chi connectivity index (χ3v) is 4.47. The van der Waals surface area contributed by atoms with Crippen molar-refractivity contribution in [3.05, 3.63) is 54.1 Å². The third kappa shape index (κ3) is 6.66. The number of alkyl halides is 2. The van der Waals surface area contributed by atoms with E-state index in [4.69, 9.17) is 4.74 Å². The SMILES string of the molecule is CC(=O)CSc1ccccc1C(=O)OCC(=O)Nc1ccccc1OC(F)F. The lowest BCUT2D eigenvalue weighted by Crippen LogP contribution is -2.21. The smallest absolute Gasteiger partial charge is 0.387 e. The Bertz CT molecular complexity index is 860. The molecule has 0 saturated carbocycles. The number of para-hydroxylation sites is 2. The number of halogens is 2. The van der Waals surface area contributed by atoms with E-state index in [0.717, 1.165) is 0 Å². The molecule has 148 valence electrons. The molecule has 0 unspecified atom stereocenters. The summed E-state index contributed by atoms with van der Waals surface area (Å²) in [5.74, 6) is -1.50. The summed E-state index contributed by atoms with van der Waals surface area (Å²) in [6.45, 7) is -2.22. The molecule has 2 aromatic rings. The van der Waals surface area contributed by atoms with Gasteiger partial charge in [-0.25, -0.2) is 4.79 Å². The molecule has 0 aliphatic carbocycles. The van der Waals surface area contributed by atoms with Gasteiger partial charge in [-0.2, -0.15) is 8.78 Å². The van der Waals surface area contributed by atoms with E-state index in [-0.39, 0.29) is 28.5 Å². The normalized spacial score (nSPS) is 10.4. The van der Waals surface area contributed by atoms with Gasteiger partial charge in [0.2, 0.25) is 0 Å². The number of thioether (sulfide) groups is 1. The predicted octanol–water partition coefficient (Wildman–Crippen LogP) is 3.76. The molecule has 1 N–H and O–H groups in total. The van der Waals surface area contributed by atoms with E-state index in [1.165, 1.54) is 49.0 Å². The lowest BCUT2D eigenvalue weighted by atomic mass is 10.2. The van der Waals surface area contributed by atoms with E-state index < -0.39 is 25.1 Å². The highest BCUT2D eigenvalue weighted by Crippen LogP contribution is 2.26. The number of rotatable bonds is 9. The maximum atomic E-state index is 12.4. The highest BCUT2D eigenvalue weighted by atomic mass is 32.2. The quantitative estimate of drug-likeness (QED) is 0.502. The Kier molecular flexibility index (Phi) is 7.94. The van der Waals surface area contributed by atoms with E-state index in [9.17, 15) is 23.2 Å². The van der Waals surface area contributed by atoms with Crippen molar-refractivity contribution in [2.45, 2.75) is 18.4 Å². The zero-order valence-electron chi connectivity index (χ0n) is 14.8. The first-order valence-electron chi connectivity index (χ1n) is 8.09. The highest BCUT2D eigenvalue weighted by Gasteiger charge is 2.16. The molecule has 0 spiro atoms. The summed E-state index contributed by atoms with van der Waals surface area (Å²) in [5.41, 5.74) is 0.254. The first kappa shape index (κ1) is 21.4. The maximum absolute atomic E-state index is 12.4. The summed E-state index contributed by atoms with van der Waals surface area (Å²) in [4.78, 5) is 35.9. The summed E-state index contributed by atoms with van der Waals surface area (Å²) in [6, 6.07) is 12.2. The van der Waals surface area contributed by atoms with E-state index in [0.29, 0.717) is 4.90 Å². The van der Waals surface area contributed by atoms with E-state index >= 15 is 0 Å². The second-order valence-corrected chi connectivity index (χ2v) is 6.50. The molecule has 0 aromatic heterocycles. The molecule has 6 nitrogen and oxygen atoms in total. The number of hydrogen-bond acceptors (Lipinski definition) is 6. The molecule has 0 atom stereocenters.